The van der Waals surface area contributed by atoms with Crippen molar-refractivity contribution in [2.24, 2.45) is 0 Å². The molecule has 1 aromatic heterocycles. The quantitative estimate of drug-likeness (QED) is 0.650. The van der Waals surface area contributed by atoms with Crippen molar-refractivity contribution in [3.8, 4) is 0 Å². The number of hydrogen-bond donors (Lipinski definition) is 2. The second kappa shape index (κ2) is 9.94. The van der Waals surface area contributed by atoms with Crippen LogP contribution in [0.1, 0.15) is 19.0 Å². The maximum atomic E-state index is 6.14. The van der Waals surface area contributed by atoms with Crippen LogP contribution in [0.2, 0.25) is 5.02 Å². The topological polar surface area (TPSA) is 55.4 Å². The molecular formula is C14H24ClN3O2. The van der Waals surface area contributed by atoms with Crippen molar-refractivity contribution in [3.05, 3.63) is 22.8 Å². The highest BCUT2D eigenvalue weighted by Gasteiger charge is 2.08. The summed E-state index contributed by atoms with van der Waals surface area (Å²) in [5, 5.41) is 7.21. The maximum absolute atomic E-state index is 6.14. The number of aromatic nitrogens is 1. The first kappa shape index (κ1) is 17.2. The van der Waals surface area contributed by atoms with Crippen LogP contribution in [0.5, 0.6) is 0 Å². The van der Waals surface area contributed by atoms with E-state index in [2.05, 4.69) is 22.5 Å². The Kier molecular flexibility index (Phi) is 8.53. The normalized spacial score (nSPS) is 12.4. The van der Waals surface area contributed by atoms with Crippen molar-refractivity contribution in [2.75, 3.05) is 39.2 Å². The van der Waals surface area contributed by atoms with E-state index in [0.29, 0.717) is 24.7 Å². The van der Waals surface area contributed by atoms with Gasteiger partial charge in [-0.15, -0.1) is 0 Å². The summed E-state index contributed by atoms with van der Waals surface area (Å²) >= 11 is 6.14. The molecule has 5 nitrogen and oxygen atoms in total. The summed E-state index contributed by atoms with van der Waals surface area (Å²) in [6.07, 6.45) is 1.08. The Balaban J connectivity index is 2.55. The van der Waals surface area contributed by atoms with Crippen LogP contribution in [-0.4, -0.2) is 45.0 Å². The average Bonchev–Trinajstić information content (AvgIpc) is 2.46. The van der Waals surface area contributed by atoms with Crippen molar-refractivity contribution in [1.29, 1.82) is 0 Å². The molecule has 1 heterocycles. The number of nitrogens with one attached hydrogen (secondary N) is 2. The molecule has 0 saturated carbocycles. The Morgan fingerprint density at radius 1 is 1.35 bits per heavy atom. The van der Waals surface area contributed by atoms with Crippen molar-refractivity contribution >= 4 is 17.4 Å². The molecule has 0 aliphatic heterocycles. The number of hydrogen-bond acceptors (Lipinski definition) is 5. The third kappa shape index (κ3) is 6.05. The fraction of sp³-hybridized carbons (Fsp3) is 0.643. The van der Waals surface area contributed by atoms with Crippen LogP contribution in [0.15, 0.2) is 12.1 Å². The summed E-state index contributed by atoms with van der Waals surface area (Å²) in [4.78, 5) is 4.51. The minimum Gasteiger partial charge on any atom is -0.382 e. The van der Waals surface area contributed by atoms with Gasteiger partial charge in [0, 0.05) is 27.3 Å². The standard InChI is InChI=1S/C14H24ClN3O2/c1-4-7-16-9-13-12(15)5-6-14(18-13)17-8-11(20-3)10-19-2/h5-6,11,16H,4,7-10H2,1-3H3,(H,17,18). The zero-order valence-corrected chi connectivity index (χ0v) is 13.2. The summed E-state index contributed by atoms with van der Waals surface area (Å²) in [5.74, 6) is 0.792. The lowest BCUT2D eigenvalue weighted by molar-refractivity contribution is 0.0365. The average molecular weight is 302 g/mol. The lowest BCUT2D eigenvalue weighted by Gasteiger charge is -2.16. The molecule has 0 radical (unpaired) electrons. The van der Waals surface area contributed by atoms with E-state index in [-0.39, 0.29) is 6.10 Å². The smallest absolute Gasteiger partial charge is 0.126 e. The van der Waals surface area contributed by atoms with Crippen LogP contribution >= 0.6 is 11.6 Å². The van der Waals surface area contributed by atoms with E-state index < -0.39 is 0 Å². The molecule has 0 fully saturated rings. The van der Waals surface area contributed by atoms with Gasteiger partial charge in [-0.25, -0.2) is 4.98 Å². The van der Waals surface area contributed by atoms with Crippen LogP contribution in [0.4, 0.5) is 5.82 Å². The molecule has 6 heteroatoms. The minimum absolute atomic E-state index is 0.000792. The molecule has 0 bridgehead atoms. The van der Waals surface area contributed by atoms with Gasteiger partial charge >= 0.3 is 0 Å². The summed E-state index contributed by atoms with van der Waals surface area (Å²) in [6.45, 7) is 4.94. The molecular weight excluding hydrogens is 278 g/mol. The highest BCUT2D eigenvalue weighted by atomic mass is 35.5. The zero-order chi connectivity index (χ0) is 14.8. The van der Waals surface area contributed by atoms with Gasteiger partial charge in [-0.05, 0) is 25.1 Å². The van der Waals surface area contributed by atoms with Crippen molar-refractivity contribution in [3.63, 3.8) is 0 Å². The first-order chi connectivity index (χ1) is 9.71. The van der Waals surface area contributed by atoms with Gasteiger partial charge in [-0.2, -0.15) is 0 Å². The second-order valence-corrected chi connectivity index (χ2v) is 4.90. The Labute approximate surface area is 126 Å². The van der Waals surface area contributed by atoms with Crippen LogP contribution in [0, 0.1) is 0 Å². The summed E-state index contributed by atoms with van der Waals surface area (Å²) in [7, 11) is 3.32. The van der Waals surface area contributed by atoms with Crippen LogP contribution in [0.3, 0.4) is 0 Å². The molecule has 0 aliphatic carbocycles. The van der Waals surface area contributed by atoms with Gasteiger partial charge in [0.05, 0.1) is 23.4 Å². The Hall–Kier alpha value is -0.880. The largest absolute Gasteiger partial charge is 0.382 e. The van der Waals surface area contributed by atoms with E-state index in [1.165, 1.54) is 0 Å². The third-order valence-corrected chi connectivity index (χ3v) is 3.18. The molecule has 2 N–H and O–H groups in total. The SMILES string of the molecule is CCCNCc1nc(NCC(COC)OC)ccc1Cl. The van der Waals surface area contributed by atoms with E-state index in [0.717, 1.165) is 24.5 Å². The molecule has 1 unspecified atom stereocenters. The van der Waals surface area contributed by atoms with Crippen molar-refractivity contribution < 1.29 is 9.47 Å². The maximum Gasteiger partial charge on any atom is 0.126 e. The predicted molar refractivity (Wildman–Crippen MR) is 82.4 cm³/mol. The summed E-state index contributed by atoms with van der Waals surface area (Å²) < 4.78 is 10.4. The molecule has 0 aliphatic rings. The minimum atomic E-state index is -0.000792. The number of methoxy groups -OCH3 is 2. The van der Waals surface area contributed by atoms with Gasteiger partial charge in [0.1, 0.15) is 5.82 Å². The number of halogens is 1. The molecule has 0 aromatic carbocycles. The highest BCUT2D eigenvalue weighted by Crippen LogP contribution is 2.16. The number of ether oxygens (including phenoxy) is 2. The fourth-order valence-electron chi connectivity index (χ4n) is 1.70. The van der Waals surface area contributed by atoms with E-state index >= 15 is 0 Å². The molecule has 0 amide bonds. The third-order valence-electron chi connectivity index (χ3n) is 2.83. The summed E-state index contributed by atoms with van der Waals surface area (Å²) in [6, 6.07) is 3.73. The highest BCUT2D eigenvalue weighted by molar-refractivity contribution is 6.31. The molecule has 114 valence electrons. The molecule has 1 aromatic rings. The van der Waals surface area contributed by atoms with Crippen molar-refractivity contribution in [1.82, 2.24) is 10.3 Å². The zero-order valence-electron chi connectivity index (χ0n) is 12.4. The first-order valence-electron chi connectivity index (χ1n) is 6.83. The van der Waals surface area contributed by atoms with Crippen LogP contribution < -0.4 is 10.6 Å². The Morgan fingerprint density at radius 3 is 2.80 bits per heavy atom. The van der Waals surface area contributed by atoms with Gasteiger partial charge in [0.15, 0.2) is 0 Å². The van der Waals surface area contributed by atoms with Crippen LogP contribution in [-0.2, 0) is 16.0 Å². The molecule has 0 saturated heterocycles. The molecule has 1 atom stereocenters. The Morgan fingerprint density at radius 2 is 2.15 bits per heavy atom. The van der Waals surface area contributed by atoms with Crippen LogP contribution in [0.25, 0.3) is 0 Å². The molecule has 1 rings (SSSR count). The first-order valence-corrected chi connectivity index (χ1v) is 7.20. The number of pyridine rings is 1. The summed E-state index contributed by atoms with van der Waals surface area (Å²) in [5.41, 5.74) is 0.853. The van der Waals surface area contributed by atoms with E-state index in [1.54, 1.807) is 14.2 Å². The predicted octanol–water partition coefficient (Wildman–Crippen LogP) is 2.31. The number of rotatable bonds is 10. The Bertz CT molecular complexity index is 391. The van der Waals surface area contributed by atoms with Gasteiger partial charge in [0.2, 0.25) is 0 Å². The monoisotopic (exact) mass is 301 g/mol. The lowest BCUT2D eigenvalue weighted by Crippen LogP contribution is -2.27. The van der Waals surface area contributed by atoms with Gasteiger partial charge in [-0.1, -0.05) is 18.5 Å². The van der Waals surface area contributed by atoms with Crippen molar-refractivity contribution in [2.45, 2.75) is 26.0 Å². The number of anilines is 1. The van der Waals surface area contributed by atoms with E-state index in [1.807, 2.05) is 12.1 Å². The second-order valence-electron chi connectivity index (χ2n) is 4.50. The van der Waals surface area contributed by atoms with Gasteiger partial charge < -0.3 is 20.1 Å². The van der Waals surface area contributed by atoms with E-state index in [4.69, 9.17) is 21.1 Å². The lowest BCUT2D eigenvalue weighted by atomic mass is 10.3. The van der Waals surface area contributed by atoms with Gasteiger partial charge in [0.25, 0.3) is 0 Å². The van der Waals surface area contributed by atoms with E-state index in [9.17, 15) is 0 Å². The van der Waals surface area contributed by atoms with Gasteiger partial charge in [-0.3, -0.25) is 0 Å². The molecule has 0 spiro atoms. The number of nitrogens with zero attached hydrogens (tertiary/aromatic N) is 1. The fourth-order valence-corrected chi connectivity index (χ4v) is 1.88. The molecule has 20 heavy (non-hydrogen) atoms.